The first-order valence-electron chi connectivity index (χ1n) is 7.50. The van der Waals surface area contributed by atoms with E-state index in [0.29, 0.717) is 9.88 Å². The molecule has 2 rings (SSSR count). The Morgan fingerprint density at radius 2 is 2.00 bits per heavy atom. The highest BCUT2D eigenvalue weighted by molar-refractivity contribution is 7.13. The van der Waals surface area contributed by atoms with Gasteiger partial charge in [-0.05, 0) is 12.5 Å². The molecule has 1 aromatic heterocycles. The van der Waals surface area contributed by atoms with E-state index in [1.165, 1.54) is 24.5 Å². The maximum absolute atomic E-state index is 12.4. The van der Waals surface area contributed by atoms with E-state index in [4.69, 9.17) is 9.47 Å². The summed E-state index contributed by atoms with van der Waals surface area (Å²) in [4.78, 5) is 28.2. The van der Waals surface area contributed by atoms with Gasteiger partial charge in [-0.15, -0.1) is 11.3 Å². The van der Waals surface area contributed by atoms with Crippen LogP contribution in [0.2, 0.25) is 0 Å². The van der Waals surface area contributed by atoms with Gasteiger partial charge >= 0.3 is 5.97 Å². The molecule has 0 aliphatic carbocycles. The molecule has 6 nitrogen and oxygen atoms in total. The normalized spacial score (nSPS) is 13.1. The summed E-state index contributed by atoms with van der Waals surface area (Å²) in [6.45, 7) is 3.49. The van der Waals surface area contributed by atoms with Gasteiger partial charge in [-0.25, -0.2) is 9.78 Å². The summed E-state index contributed by atoms with van der Waals surface area (Å²) >= 11 is 1.24. The quantitative estimate of drug-likeness (QED) is 0.779. The minimum Gasteiger partial charge on any atom is -0.451 e. The molecule has 1 N–H and O–H groups in total. The van der Waals surface area contributed by atoms with Crippen molar-refractivity contribution >= 4 is 23.2 Å². The molecular formula is C17H20N2O4S. The first-order valence-corrected chi connectivity index (χ1v) is 8.31. The second-order valence-corrected chi connectivity index (χ2v) is 6.24. The molecule has 0 saturated carbocycles. The van der Waals surface area contributed by atoms with Crippen molar-refractivity contribution in [3.8, 4) is 0 Å². The average Bonchev–Trinajstić information content (AvgIpc) is 3.08. The lowest BCUT2D eigenvalue weighted by atomic mass is 10.1. The van der Waals surface area contributed by atoms with Gasteiger partial charge in [0.15, 0.2) is 0 Å². The largest absolute Gasteiger partial charge is 0.451 e. The van der Waals surface area contributed by atoms with Crippen molar-refractivity contribution in [2.24, 2.45) is 0 Å². The Morgan fingerprint density at radius 3 is 2.62 bits per heavy atom. The Hall–Kier alpha value is -2.25. The van der Waals surface area contributed by atoms with Crippen LogP contribution in [0.1, 0.15) is 46.3 Å². The Morgan fingerprint density at radius 1 is 1.29 bits per heavy atom. The van der Waals surface area contributed by atoms with E-state index < -0.39 is 12.1 Å². The Balaban J connectivity index is 2.11. The fourth-order valence-corrected chi connectivity index (χ4v) is 2.82. The van der Waals surface area contributed by atoms with Crippen LogP contribution in [0.3, 0.4) is 0 Å². The molecule has 0 bridgehead atoms. The number of ether oxygens (including phenoxy) is 2. The second-order valence-electron chi connectivity index (χ2n) is 5.18. The number of nitrogens with one attached hydrogen (secondary N) is 1. The first kappa shape index (κ1) is 18.1. The van der Waals surface area contributed by atoms with Gasteiger partial charge in [0.1, 0.15) is 22.1 Å². The van der Waals surface area contributed by atoms with Gasteiger partial charge < -0.3 is 14.8 Å². The second kappa shape index (κ2) is 8.56. The SMILES string of the molecule is COC(C)c1ncc(C(=O)OC(CNC(C)=O)c2ccccc2)s1. The molecule has 7 heteroatoms. The molecule has 2 atom stereocenters. The molecule has 1 heterocycles. The van der Waals surface area contributed by atoms with E-state index >= 15 is 0 Å². The van der Waals surface area contributed by atoms with Gasteiger partial charge in [0.25, 0.3) is 0 Å². The zero-order valence-electron chi connectivity index (χ0n) is 13.8. The molecule has 1 amide bonds. The van der Waals surface area contributed by atoms with E-state index in [-0.39, 0.29) is 18.6 Å². The third kappa shape index (κ3) is 4.87. The van der Waals surface area contributed by atoms with Crippen LogP contribution in [0.4, 0.5) is 0 Å². The van der Waals surface area contributed by atoms with Gasteiger partial charge in [-0.2, -0.15) is 0 Å². The highest BCUT2D eigenvalue weighted by Crippen LogP contribution is 2.25. The van der Waals surface area contributed by atoms with Gasteiger partial charge in [0.2, 0.25) is 5.91 Å². The van der Waals surface area contributed by atoms with Crippen LogP contribution in [0.15, 0.2) is 36.5 Å². The number of nitrogens with zero attached hydrogens (tertiary/aromatic N) is 1. The first-order chi connectivity index (χ1) is 11.5. The lowest BCUT2D eigenvalue weighted by molar-refractivity contribution is -0.119. The predicted octanol–water partition coefficient (Wildman–Crippen LogP) is 2.88. The lowest BCUT2D eigenvalue weighted by Gasteiger charge is -2.18. The van der Waals surface area contributed by atoms with Crippen molar-refractivity contribution in [3.05, 3.63) is 52.0 Å². The predicted molar refractivity (Wildman–Crippen MR) is 90.8 cm³/mol. The molecule has 0 aliphatic heterocycles. The summed E-state index contributed by atoms with van der Waals surface area (Å²) in [7, 11) is 1.59. The molecular weight excluding hydrogens is 328 g/mol. The number of rotatable bonds is 7. The Labute approximate surface area is 144 Å². The van der Waals surface area contributed by atoms with Gasteiger partial charge in [0.05, 0.1) is 12.7 Å². The Bertz CT molecular complexity index is 687. The molecule has 0 aliphatic rings. The van der Waals surface area contributed by atoms with Crippen LogP contribution in [-0.4, -0.2) is 30.5 Å². The summed E-state index contributed by atoms with van der Waals surface area (Å²) in [5.41, 5.74) is 0.814. The van der Waals surface area contributed by atoms with E-state index in [2.05, 4.69) is 10.3 Å². The number of aromatic nitrogens is 1. The number of carbonyl (C=O) groups is 2. The molecule has 2 aromatic rings. The van der Waals surface area contributed by atoms with Gasteiger partial charge in [-0.3, -0.25) is 4.79 Å². The zero-order chi connectivity index (χ0) is 17.5. The van der Waals surface area contributed by atoms with Crippen molar-refractivity contribution in [2.75, 3.05) is 13.7 Å². The van der Waals surface area contributed by atoms with Crippen LogP contribution >= 0.6 is 11.3 Å². The molecule has 0 saturated heterocycles. The van der Waals surface area contributed by atoms with Crippen molar-refractivity contribution < 1.29 is 19.1 Å². The Kier molecular flexibility index (Phi) is 6.45. The summed E-state index contributed by atoms with van der Waals surface area (Å²) in [6, 6.07) is 9.29. The number of methoxy groups -OCH3 is 1. The average molecular weight is 348 g/mol. The van der Waals surface area contributed by atoms with Crippen LogP contribution in [-0.2, 0) is 14.3 Å². The van der Waals surface area contributed by atoms with Crippen LogP contribution in [0.25, 0.3) is 0 Å². The summed E-state index contributed by atoms with van der Waals surface area (Å²) in [6.07, 6.45) is 0.743. The van der Waals surface area contributed by atoms with Crippen molar-refractivity contribution in [1.82, 2.24) is 10.3 Å². The van der Waals surface area contributed by atoms with E-state index in [0.717, 1.165) is 5.56 Å². The van der Waals surface area contributed by atoms with Gasteiger partial charge in [0, 0.05) is 14.0 Å². The standard InChI is InChI=1S/C17H20N2O4S/c1-11(22-3)16-19-10-15(24-16)17(21)23-14(9-18-12(2)20)13-7-5-4-6-8-13/h4-8,10-11,14H,9H2,1-3H3,(H,18,20). The fourth-order valence-electron chi connectivity index (χ4n) is 1.99. The number of hydrogen-bond donors (Lipinski definition) is 1. The number of hydrogen-bond acceptors (Lipinski definition) is 6. The maximum Gasteiger partial charge on any atom is 0.350 e. The summed E-state index contributed by atoms with van der Waals surface area (Å²) in [5, 5.41) is 3.40. The highest BCUT2D eigenvalue weighted by Gasteiger charge is 2.21. The minimum atomic E-state index is -0.562. The molecule has 0 spiro atoms. The summed E-state index contributed by atoms with van der Waals surface area (Å²) in [5.74, 6) is -0.651. The van der Waals surface area contributed by atoms with Crippen LogP contribution in [0, 0.1) is 0 Å². The van der Waals surface area contributed by atoms with Crippen molar-refractivity contribution in [3.63, 3.8) is 0 Å². The van der Waals surface area contributed by atoms with Crippen molar-refractivity contribution in [2.45, 2.75) is 26.1 Å². The lowest BCUT2D eigenvalue weighted by Crippen LogP contribution is -2.28. The smallest absolute Gasteiger partial charge is 0.350 e. The molecule has 2 unspecified atom stereocenters. The number of thiazole rings is 1. The topological polar surface area (TPSA) is 77.5 Å². The van der Waals surface area contributed by atoms with Gasteiger partial charge in [-0.1, -0.05) is 30.3 Å². The number of benzene rings is 1. The third-order valence-electron chi connectivity index (χ3n) is 3.38. The van der Waals surface area contributed by atoms with Crippen molar-refractivity contribution in [1.29, 1.82) is 0 Å². The maximum atomic E-state index is 12.4. The third-order valence-corrected chi connectivity index (χ3v) is 4.52. The molecule has 128 valence electrons. The number of amides is 1. The fraction of sp³-hybridized carbons (Fsp3) is 0.353. The number of carbonyl (C=O) groups excluding carboxylic acids is 2. The number of esters is 1. The van der Waals surface area contributed by atoms with E-state index in [1.807, 2.05) is 37.3 Å². The van der Waals surface area contributed by atoms with Crippen LogP contribution < -0.4 is 5.32 Å². The molecule has 0 fully saturated rings. The molecule has 24 heavy (non-hydrogen) atoms. The minimum absolute atomic E-state index is 0.180. The monoisotopic (exact) mass is 348 g/mol. The highest BCUT2D eigenvalue weighted by atomic mass is 32.1. The summed E-state index contributed by atoms with van der Waals surface area (Å²) < 4.78 is 10.8. The molecule has 1 aromatic carbocycles. The van der Waals surface area contributed by atoms with E-state index in [9.17, 15) is 9.59 Å². The molecule has 0 radical (unpaired) electrons. The zero-order valence-corrected chi connectivity index (χ0v) is 14.6. The van der Waals surface area contributed by atoms with Crippen LogP contribution in [0.5, 0.6) is 0 Å². The van der Waals surface area contributed by atoms with E-state index in [1.54, 1.807) is 7.11 Å².